The van der Waals surface area contributed by atoms with E-state index in [0.717, 1.165) is 21.1 Å². The summed E-state index contributed by atoms with van der Waals surface area (Å²) in [7, 11) is 0. The first-order valence-electron chi connectivity index (χ1n) is 7.41. The molecule has 1 aliphatic rings. The van der Waals surface area contributed by atoms with E-state index in [1.165, 1.54) is 23.9 Å². The summed E-state index contributed by atoms with van der Waals surface area (Å²) in [5.41, 5.74) is 2.34. The fourth-order valence-electron chi connectivity index (χ4n) is 2.32. The highest BCUT2D eigenvalue weighted by atomic mass is 35.5. The molecule has 1 nitrogen and oxygen atoms in total. The molecule has 5 heteroatoms. The summed E-state index contributed by atoms with van der Waals surface area (Å²) in [4.78, 5) is 13.5. The fourth-order valence-corrected chi connectivity index (χ4v) is 4.82. The van der Waals surface area contributed by atoms with Crippen molar-refractivity contribution in [3.8, 4) is 0 Å². The van der Waals surface area contributed by atoms with Crippen LogP contribution in [0.25, 0.3) is 11.6 Å². The predicted octanol–water partition coefficient (Wildman–Crippen LogP) is 6.26. The number of carbonyl (C=O) groups excluding carboxylic acids is 1. The first-order chi connectivity index (χ1) is 11.6. The molecule has 3 rings (SSSR count). The molecule has 0 fully saturated rings. The maximum absolute atomic E-state index is 13.2. The molecule has 0 atom stereocenters. The van der Waals surface area contributed by atoms with E-state index in [2.05, 4.69) is 0 Å². The van der Waals surface area contributed by atoms with Gasteiger partial charge >= 0.3 is 0 Å². The van der Waals surface area contributed by atoms with Crippen molar-refractivity contribution in [2.24, 2.45) is 0 Å². The molecule has 0 aliphatic carbocycles. The van der Waals surface area contributed by atoms with Crippen LogP contribution in [0.2, 0.25) is 5.02 Å². The quantitative estimate of drug-likeness (QED) is 0.586. The number of hydrogen-bond acceptors (Lipinski definition) is 3. The van der Waals surface area contributed by atoms with Crippen LogP contribution in [0, 0.1) is 5.82 Å². The van der Waals surface area contributed by atoms with Crippen molar-refractivity contribution in [1.29, 1.82) is 0 Å². The van der Waals surface area contributed by atoms with Gasteiger partial charge in [0, 0.05) is 5.02 Å². The van der Waals surface area contributed by atoms with Gasteiger partial charge < -0.3 is 0 Å². The van der Waals surface area contributed by atoms with E-state index in [1.54, 1.807) is 36.0 Å². The Morgan fingerprint density at radius 3 is 2.42 bits per heavy atom. The first kappa shape index (κ1) is 17.3. The number of ketones is 1. The molecule has 0 N–H and O–H groups in total. The number of halogens is 2. The molecule has 0 saturated carbocycles. The number of carbonyl (C=O) groups is 1. The van der Waals surface area contributed by atoms with E-state index >= 15 is 0 Å². The normalized spacial score (nSPS) is 16.3. The smallest absolute Gasteiger partial charge is 0.202 e. The van der Waals surface area contributed by atoms with E-state index < -0.39 is 0 Å². The van der Waals surface area contributed by atoms with Gasteiger partial charge in [0.15, 0.2) is 0 Å². The van der Waals surface area contributed by atoms with Gasteiger partial charge in [0.25, 0.3) is 0 Å². The molecular formula is C19H14ClFOS2. The van der Waals surface area contributed by atoms with Gasteiger partial charge in [0.05, 0.1) is 14.7 Å². The molecule has 0 bridgehead atoms. The summed E-state index contributed by atoms with van der Waals surface area (Å²) < 4.78 is 14.1. The second-order valence-electron chi connectivity index (χ2n) is 5.09. The van der Waals surface area contributed by atoms with Crippen molar-refractivity contribution < 1.29 is 9.18 Å². The fraction of sp³-hybridized carbons (Fsp3) is 0.105. The highest BCUT2D eigenvalue weighted by Crippen LogP contribution is 2.48. The lowest BCUT2D eigenvalue weighted by molar-refractivity contribution is -0.109. The number of rotatable bonds is 4. The van der Waals surface area contributed by atoms with Gasteiger partial charge in [-0.2, -0.15) is 0 Å². The Hall–Kier alpha value is -1.49. The van der Waals surface area contributed by atoms with Crippen LogP contribution in [0.1, 0.15) is 18.1 Å². The van der Waals surface area contributed by atoms with Gasteiger partial charge in [-0.3, -0.25) is 4.79 Å². The van der Waals surface area contributed by atoms with E-state index in [1.807, 2.05) is 25.1 Å². The lowest BCUT2D eigenvalue weighted by Gasteiger charge is -2.03. The standard InChI is InChI=1S/C19H14ClFOS2/c1-2-23-19-17(13-5-9-15(21)10-6-13)18(22)16(24-19)11-12-3-7-14(20)8-4-12/h3-11H,2H2,1H3/b16-11-. The van der Waals surface area contributed by atoms with Crippen LogP contribution < -0.4 is 0 Å². The molecule has 24 heavy (non-hydrogen) atoms. The molecule has 1 aliphatic heterocycles. The van der Waals surface area contributed by atoms with Crippen molar-refractivity contribution in [2.45, 2.75) is 6.92 Å². The third kappa shape index (κ3) is 3.77. The van der Waals surface area contributed by atoms with E-state index in [0.29, 0.717) is 15.5 Å². The summed E-state index contributed by atoms with van der Waals surface area (Å²) in [5.74, 6) is 0.547. The lowest BCUT2D eigenvalue weighted by atomic mass is 10.0. The van der Waals surface area contributed by atoms with Crippen LogP contribution >= 0.6 is 35.1 Å². The van der Waals surface area contributed by atoms with Gasteiger partial charge in [-0.1, -0.05) is 54.6 Å². The Morgan fingerprint density at radius 2 is 1.79 bits per heavy atom. The molecule has 0 amide bonds. The molecule has 0 spiro atoms. The van der Waals surface area contributed by atoms with Gasteiger partial charge in [-0.25, -0.2) is 4.39 Å². The molecule has 2 aromatic rings. The second-order valence-corrected chi connectivity index (χ2v) is 8.12. The van der Waals surface area contributed by atoms with Crippen LogP contribution in [0.15, 0.2) is 57.7 Å². The minimum atomic E-state index is -0.306. The van der Waals surface area contributed by atoms with Crippen LogP contribution in [-0.2, 0) is 4.79 Å². The third-order valence-electron chi connectivity index (χ3n) is 3.43. The Kier molecular flexibility index (Phi) is 5.49. The molecular weight excluding hydrogens is 363 g/mol. The molecule has 0 radical (unpaired) electrons. The Morgan fingerprint density at radius 1 is 1.12 bits per heavy atom. The number of hydrogen-bond donors (Lipinski definition) is 0. The van der Waals surface area contributed by atoms with E-state index in [-0.39, 0.29) is 11.6 Å². The highest BCUT2D eigenvalue weighted by molar-refractivity contribution is 8.25. The monoisotopic (exact) mass is 376 g/mol. The SMILES string of the molecule is CCSC1=C(c2ccc(F)cc2)C(=O)/C(=C/c2ccc(Cl)cc2)S1. The first-order valence-corrected chi connectivity index (χ1v) is 9.59. The summed E-state index contributed by atoms with van der Waals surface area (Å²) in [5, 5.41) is 0.662. The van der Waals surface area contributed by atoms with Gasteiger partial charge in [-0.05, 0) is 47.2 Å². The third-order valence-corrected chi connectivity index (χ3v) is 5.96. The zero-order chi connectivity index (χ0) is 17.1. The number of thioether (sulfide) groups is 2. The minimum absolute atomic E-state index is 0.0162. The summed E-state index contributed by atoms with van der Waals surface area (Å²) in [6.45, 7) is 2.05. The zero-order valence-corrected chi connectivity index (χ0v) is 15.3. The maximum Gasteiger partial charge on any atom is 0.202 e. The van der Waals surface area contributed by atoms with Crippen molar-refractivity contribution in [1.82, 2.24) is 0 Å². The van der Waals surface area contributed by atoms with Crippen molar-refractivity contribution in [2.75, 3.05) is 5.75 Å². The maximum atomic E-state index is 13.2. The summed E-state index contributed by atoms with van der Waals surface area (Å²) in [6.07, 6.45) is 1.87. The van der Waals surface area contributed by atoms with Crippen LogP contribution in [0.3, 0.4) is 0 Å². The van der Waals surface area contributed by atoms with Crippen molar-refractivity contribution in [3.63, 3.8) is 0 Å². The molecule has 1 heterocycles. The van der Waals surface area contributed by atoms with Gasteiger partial charge in [-0.15, -0.1) is 11.8 Å². The van der Waals surface area contributed by atoms with Gasteiger partial charge in [0.1, 0.15) is 5.82 Å². The lowest BCUT2D eigenvalue weighted by Crippen LogP contribution is -1.98. The summed E-state index contributed by atoms with van der Waals surface area (Å²) in [6, 6.07) is 13.4. The van der Waals surface area contributed by atoms with Crippen LogP contribution in [0.4, 0.5) is 4.39 Å². The topological polar surface area (TPSA) is 17.1 Å². The Labute approximate surface area is 154 Å². The average molecular weight is 377 g/mol. The van der Waals surface area contributed by atoms with Crippen molar-refractivity contribution >= 4 is 52.6 Å². The number of benzene rings is 2. The zero-order valence-electron chi connectivity index (χ0n) is 12.9. The molecule has 2 aromatic carbocycles. The molecule has 0 aromatic heterocycles. The van der Waals surface area contributed by atoms with E-state index in [9.17, 15) is 9.18 Å². The highest BCUT2D eigenvalue weighted by Gasteiger charge is 2.30. The Bertz CT molecular complexity index is 823. The molecule has 0 saturated heterocycles. The number of allylic oxidation sites excluding steroid dienone is 2. The minimum Gasteiger partial charge on any atom is -0.288 e. The molecule has 0 unspecified atom stereocenters. The Balaban J connectivity index is 1.97. The second kappa shape index (κ2) is 7.60. The van der Waals surface area contributed by atoms with E-state index in [4.69, 9.17) is 11.6 Å². The largest absolute Gasteiger partial charge is 0.288 e. The molecule has 122 valence electrons. The average Bonchev–Trinajstić information content (AvgIpc) is 2.87. The van der Waals surface area contributed by atoms with Gasteiger partial charge in [0.2, 0.25) is 5.78 Å². The number of Topliss-reactive ketones (excluding diaryl/α,β-unsaturated/α-hetero) is 1. The predicted molar refractivity (Wildman–Crippen MR) is 103 cm³/mol. The van der Waals surface area contributed by atoms with Crippen LogP contribution in [-0.4, -0.2) is 11.5 Å². The van der Waals surface area contributed by atoms with Crippen LogP contribution in [0.5, 0.6) is 0 Å². The summed E-state index contributed by atoms with van der Waals surface area (Å²) >= 11 is 9.01. The van der Waals surface area contributed by atoms with Crippen molar-refractivity contribution in [3.05, 3.63) is 79.6 Å².